The molecule has 0 spiro atoms. The van der Waals surface area contributed by atoms with Gasteiger partial charge in [0.05, 0.1) is 9.90 Å². The predicted octanol–water partition coefficient (Wildman–Crippen LogP) is 3.32. The van der Waals surface area contributed by atoms with Crippen molar-refractivity contribution in [3.8, 4) is 0 Å². The molecule has 1 heterocycles. The van der Waals surface area contributed by atoms with Crippen molar-refractivity contribution >= 4 is 40.4 Å². The van der Waals surface area contributed by atoms with Gasteiger partial charge in [0, 0.05) is 0 Å². The third-order valence-corrected chi connectivity index (χ3v) is 4.70. The average molecular weight is 374 g/mol. The van der Waals surface area contributed by atoms with Gasteiger partial charge in [-0.25, -0.2) is 0 Å². The fraction of sp³-hybridized carbons (Fsp3) is 0.267. The molecular weight excluding hydrogens is 357 g/mol. The van der Waals surface area contributed by atoms with Crippen molar-refractivity contribution in [2.75, 3.05) is 0 Å². The quantitative estimate of drug-likeness (QED) is 0.701. The van der Waals surface area contributed by atoms with Crippen LogP contribution in [-0.2, 0) is 4.74 Å². The molecule has 1 aromatic heterocycles. The zero-order valence-corrected chi connectivity index (χ0v) is 14.9. The summed E-state index contributed by atoms with van der Waals surface area (Å²) in [6.07, 6.45) is -1.83. The lowest BCUT2D eigenvalue weighted by Crippen LogP contribution is -2.45. The first-order chi connectivity index (χ1) is 10.8. The number of nitrogens with two attached hydrogens (primary N) is 2. The Labute approximate surface area is 148 Å². The number of thiophene rings is 1. The molecular formula is C15H17Cl2N3O2S. The molecule has 8 heteroatoms. The summed E-state index contributed by atoms with van der Waals surface area (Å²) in [5.74, 6) is -0.473. The van der Waals surface area contributed by atoms with Crippen LogP contribution in [0.1, 0.15) is 33.3 Å². The summed E-state index contributed by atoms with van der Waals surface area (Å²) >= 11 is 12.8. The Balaban J connectivity index is 2.01. The number of amides is 1. The van der Waals surface area contributed by atoms with Crippen molar-refractivity contribution in [2.45, 2.75) is 26.4 Å². The van der Waals surface area contributed by atoms with Crippen LogP contribution in [-0.4, -0.2) is 12.3 Å². The summed E-state index contributed by atoms with van der Waals surface area (Å²) in [6, 6.07) is 7.33. The molecule has 23 heavy (non-hydrogen) atoms. The number of ether oxygens (including phenoxy) is 1. The van der Waals surface area contributed by atoms with Gasteiger partial charge < -0.3 is 15.8 Å². The van der Waals surface area contributed by atoms with E-state index in [9.17, 15) is 4.79 Å². The van der Waals surface area contributed by atoms with Gasteiger partial charge >= 0.3 is 0 Å². The van der Waals surface area contributed by atoms with Gasteiger partial charge in [0.1, 0.15) is 10.6 Å². The second kappa shape index (κ2) is 7.61. The largest absolute Gasteiger partial charge is 0.323 e. The summed E-state index contributed by atoms with van der Waals surface area (Å²) in [6.45, 7) is 3.88. The van der Waals surface area contributed by atoms with Crippen molar-refractivity contribution in [2.24, 2.45) is 11.5 Å². The highest BCUT2D eigenvalue weighted by atomic mass is 35.5. The molecule has 0 radical (unpaired) electrons. The normalized spacial score (nSPS) is 13.7. The summed E-state index contributed by atoms with van der Waals surface area (Å²) in [7, 11) is 0. The van der Waals surface area contributed by atoms with Gasteiger partial charge in [0.15, 0.2) is 6.35 Å². The second-order valence-corrected chi connectivity index (χ2v) is 7.33. The van der Waals surface area contributed by atoms with Crippen LogP contribution in [0.15, 0.2) is 24.3 Å². The second-order valence-electron chi connectivity index (χ2n) is 5.05. The molecule has 0 saturated heterocycles. The van der Waals surface area contributed by atoms with Crippen molar-refractivity contribution in [3.05, 3.63) is 55.2 Å². The molecule has 0 fully saturated rings. The van der Waals surface area contributed by atoms with Crippen molar-refractivity contribution in [1.29, 1.82) is 0 Å². The molecule has 0 aliphatic rings. The van der Waals surface area contributed by atoms with Gasteiger partial charge in [0.25, 0.3) is 5.91 Å². The van der Waals surface area contributed by atoms with Crippen LogP contribution in [0, 0.1) is 13.8 Å². The Bertz CT molecular complexity index is 721. The number of benzene rings is 1. The standard InChI is InChI=1S/C15H17Cl2N3O2S/c1-7-3-4-8(2)9(5-7)13(18)22-15(19)20-14(21)10-6-11(16)23-12(10)17/h3-6,13,15H,18-19H2,1-2H3,(H,20,21). The van der Waals surface area contributed by atoms with E-state index in [0.717, 1.165) is 28.0 Å². The maximum atomic E-state index is 12.1. The molecule has 5 N–H and O–H groups in total. The van der Waals surface area contributed by atoms with Crippen LogP contribution >= 0.6 is 34.5 Å². The van der Waals surface area contributed by atoms with Gasteiger partial charge in [-0.05, 0) is 31.0 Å². The molecule has 2 unspecified atom stereocenters. The third-order valence-electron chi connectivity index (χ3n) is 3.21. The highest BCUT2D eigenvalue weighted by Crippen LogP contribution is 2.31. The SMILES string of the molecule is Cc1ccc(C)c(C(N)OC(N)NC(=O)c2cc(Cl)sc2Cl)c1. The molecule has 124 valence electrons. The summed E-state index contributed by atoms with van der Waals surface area (Å²) in [5, 5.41) is 2.49. The minimum Gasteiger partial charge on any atom is -0.323 e. The van der Waals surface area contributed by atoms with Crippen LogP contribution < -0.4 is 16.8 Å². The minimum absolute atomic E-state index is 0.251. The van der Waals surface area contributed by atoms with E-state index in [1.54, 1.807) is 0 Å². The lowest BCUT2D eigenvalue weighted by Gasteiger charge is -2.21. The molecule has 0 saturated carbocycles. The van der Waals surface area contributed by atoms with Crippen molar-refractivity contribution in [1.82, 2.24) is 5.32 Å². The minimum atomic E-state index is -1.08. The van der Waals surface area contributed by atoms with Crippen molar-refractivity contribution in [3.63, 3.8) is 0 Å². The lowest BCUT2D eigenvalue weighted by atomic mass is 10.0. The van der Waals surface area contributed by atoms with Gasteiger partial charge in [0.2, 0.25) is 0 Å². The van der Waals surface area contributed by atoms with Crippen LogP contribution in [0.3, 0.4) is 0 Å². The first-order valence-electron chi connectivity index (χ1n) is 6.77. The predicted molar refractivity (Wildman–Crippen MR) is 93.7 cm³/mol. The third kappa shape index (κ3) is 4.67. The van der Waals surface area contributed by atoms with E-state index in [2.05, 4.69) is 5.32 Å². The fourth-order valence-corrected chi connectivity index (χ4v) is 3.49. The first-order valence-corrected chi connectivity index (χ1v) is 8.34. The highest BCUT2D eigenvalue weighted by molar-refractivity contribution is 7.20. The molecule has 0 aliphatic heterocycles. The van der Waals surface area contributed by atoms with Crippen molar-refractivity contribution < 1.29 is 9.53 Å². The van der Waals surface area contributed by atoms with E-state index >= 15 is 0 Å². The van der Waals surface area contributed by atoms with E-state index in [1.807, 2.05) is 32.0 Å². The van der Waals surface area contributed by atoms with E-state index < -0.39 is 18.5 Å². The van der Waals surface area contributed by atoms with E-state index in [0.29, 0.717) is 8.67 Å². The van der Waals surface area contributed by atoms with Crippen LogP contribution in [0.4, 0.5) is 0 Å². The number of halogens is 2. The molecule has 1 amide bonds. The van der Waals surface area contributed by atoms with E-state index in [4.69, 9.17) is 39.4 Å². The lowest BCUT2D eigenvalue weighted by molar-refractivity contribution is -0.0218. The molecule has 5 nitrogen and oxygen atoms in total. The zero-order valence-electron chi connectivity index (χ0n) is 12.6. The van der Waals surface area contributed by atoms with Gasteiger partial charge in [-0.15, -0.1) is 11.3 Å². The first kappa shape index (κ1) is 18.2. The Hall–Kier alpha value is -1.15. The maximum absolute atomic E-state index is 12.1. The molecule has 2 rings (SSSR count). The number of hydrogen-bond acceptors (Lipinski definition) is 5. The topological polar surface area (TPSA) is 90.4 Å². The number of carbonyl (C=O) groups excluding carboxylic acids is 1. The summed E-state index contributed by atoms with van der Waals surface area (Å²) in [4.78, 5) is 12.1. The molecule has 0 bridgehead atoms. The Morgan fingerprint density at radius 2 is 1.96 bits per heavy atom. The average Bonchev–Trinajstić information content (AvgIpc) is 2.80. The maximum Gasteiger partial charge on any atom is 0.256 e. The Kier molecular flexibility index (Phi) is 6.02. The molecule has 2 aromatic rings. The number of hydrogen-bond donors (Lipinski definition) is 3. The van der Waals surface area contributed by atoms with Gasteiger partial charge in [-0.3, -0.25) is 10.5 Å². The monoisotopic (exact) mass is 373 g/mol. The van der Waals surface area contributed by atoms with E-state index in [-0.39, 0.29) is 5.56 Å². The highest BCUT2D eigenvalue weighted by Gasteiger charge is 2.19. The number of aryl methyl sites for hydroxylation is 2. The van der Waals surface area contributed by atoms with Gasteiger partial charge in [-0.1, -0.05) is 47.0 Å². The van der Waals surface area contributed by atoms with Crippen LogP contribution in [0.2, 0.25) is 8.67 Å². The Morgan fingerprint density at radius 1 is 1.26 bits per heavy atom. The molecule has 2 atom stereocenters. The number of nitrogens with one attached hydrogen (secondary N) is 1. The summed E-state index contributed by atoms with van der Waals surface area (Å²) in [5.41, 5.74) is 14.9. The fourth-order valence-electron chi connectivity index (χ4n) is 2.03. The molecule has 0 aliphatic carbocycles. The zero-order chi connectivity index (χ0) is 17.1. The van der Waals surface area contributed by atoms with Crippen LogP contribution in [0.25, 0.3) is 0 Å². The van der Waals surface area contributed by atoms with E-state index in [1.165, 1.54) is 6.07 Å². The number of carbonyl (C=O) groups is 1. The molecule has 1 aromatic carbocycles. The van der Waals surface area contributed by atoms with Crippen LogP contribution in [0.5, 0.6) is 0 Å². The van der Waals surface area contributed by atoms with Gasteiger partial charge in [-0.2, -0.15) is 0 Å². The number of rotatable bonds is 5. The summed E-state index contributed by atoms with van der Waals surface area (Å²) < 4.78 is 6.17. The smallest absolute Gasteiger partial charge is 0.256 e. The Morgan fingerprint density at radius 3 is 2.57 bits per heavy atom.